The number of nitrogens with zero attached hydrogens (tertiary/aromatic N) is 1. The van der Waals surface area contributed by atoms with Crippen molar-refractivity contribution < 1.29 is 28.6 Å². The van der Waals surface area contributed by atoms with Crippen LogP contribution in [0.5, 0.6) is 0 Å². The number of ether oxygens (including phenoxy) is 3. The van der Waals surface area contributed by atoms with Gasteiger partial charge in [-0.2, -0.15) is 0 Å². The van der Waals surface area contributed by atoms with Crippen molar-refractivity contribution in [2.45, 2.75) is 17.5 Å². The SMILES string of the molecule is N[C@@H]1C(=O)N2C(C(=O)OC(c3ccccc3)c3ccccc3)=C(OCC3=CC(=O)OC3)CS[C@H]12. The molecule has 0 aliphatic carbocycles. The van der Waals surface area contributed by atoms with Gasteiger partial charge in [-0.3, -0.25) is 9.69 Å². The number of thioether (sulfide) groups is 1. The van der Waals surface area contributed by atoms with Gasteiger partial charge in [0, 0.05) is 11.6 Å². The van der Waals surface area contributed by atoms with Gasteiger partial charge in [-0.05, 0) is 11.1 Å². The van der Waals surface area contributed by atoms with Crippen LogP contribution in [0.25, 0.3) is 0 Å². The summed E-state index contributed by atoms with van der Waals surface area (Å²) in [4.78, 5) is 38.9. The monoisotopic (exact) mass is 478 g/mol. The standard InChI is InChI=1S/C25H22N2O6S/c26-20-23(29)27-21(18(14-34-24(20)27)31-12-15-11-19(28)32-13-15)25(30)33-22(16-7-3-1-4-8-16)17-9-5-2-6-10-17/h1-11,20,22,24H,12-14,26H2/t20-,24-/m1/s1. The molecule has 1 amide bonds. The second kappa shape index (κ2) is 9.36. The second-order valence-corrected chi connectivity index (χ2v) is 9.12. The van der Waals surface area contributed by atoms with E-state index in [2.05, 4.69) is 0 Å². The lowest BCUT2D eigenvalue weighted by Gasteiger charge is -2.47. The smallest absolute Gasteiger partial charge is 0.359 e. The maximum absolute atomic E-state index is 13.6. The van der Waals surface area contributed by atoms with Crippen molar-refractivity contribution in [3.05, 3.63) is 94.9 Å². The van der Waals surface area contributed by atoms with Gasteiger partial charge in [0.2, 0.25) is 5.91 Å². The molecule has 3 aliphatic heterocycles. The minimum absolute atomic E-state index is 0.0538. The Bertz CT molecular complexity index is 1140. The maximum atomic E-state index is 13.6. The number of carbonyl (C=O) groups is 3. The van der Waals surface area contributed by atoms with Crippen LogP contribution in [0.4, 0.5) is 0 Å². The molecule has 9 heteroatoms. The third-order valence-corrected chi connectivity index (χ3v) is 7.03. The molecule has 0 bridgehead atoms. The topological polar surface area (TPSA) is 108 Å². The molecule has 1 fully saturated rings. The molecule has 2 atom stereocenters. The molecule has 1 saturated heterocycles. The number of hydrogen-bond donors (Lipinski definition) is 1. The molecule has 8 nitrogen and oxygen atoms in total. The van der Waals surface area contributed by atoms with E-state index in [1.165, 1.54) is 22.7 Å². The lowest BCUT2D eigenvalue weighted by Crippen LogP contribution is -2.68. The summed E-state index contributed by atoms with van der Waals surface area (Å²) in [6, 6.07) is 18.1. The van der Waals surface area contributed by atoms with E-state index in [4.69, 9.17) is 19.9 Å². The lowest BCUT2D eigenvalue weighted by molar-refractivity contribution is -0.153. The van der Waals surface area contributed by atoms with Crippen molar-refractivity contribution in [3.8, 4) is 0 Å². The molecule has 2 aromatic carbocycles. The molecule has 2 aromatic rings. The van der Waals surface area contributed by atoms with Crippen LogP contribution in [0, 0.1) is 0 Å². The summed E-state index contributed by atoms with van der Waals surface area (Å²) >= 11 is 1.42. The Balaban J connectivity index is 1.46. The highest BCUT2D eigenvalue weighted by Crippen LogP contribution is 2.41. The van der Waals surface area contributed by atoms with Gasteiger partial charge in [-0.25, -0.2) is 9.59 Å². The molecule has 0 aromatic heterocycles. The molecule has 0 saturated carbocycles. The largest absolute Gasteiger partial charge is 0.490 e. The Morgan fingerprint density at radius 2 is 1.74 bits per heavy atom. The summed E-state index contributed by atoms with van der Waals surface area (Å²) in [7, 11) is 0. The van der Waals surface area contributed by atoms with E-state index >= 15 is 0 Å². The van der Waals surface area contributed by atoms with Crippen LogP contribution in [-0.2, 0) is 28.6 Å². The fourth-order valence-corrected chi connectivity index (χ4v) is 5.24. The van der Waals surface area contributed by atoms with Crippen LogP contribution < -0.4 is 5.73 Å². The average Bonchev–Trinajstić information content (AvgIpc) is 3.30. The van der Waals surface area contributed by atoms with E-state index < -0.39 is 24.1 Å². The van der Waals surface area contributed by atoms with Crippen LogP contribution in [0.2, 0.25) is 0 Å². The van der Waals surface area contributed by atoms with Gasteiger partial charge in [0.05, 0.1) is 5.75 Å². The van der Waals surface area contributed by atoms with Gasteiger partial charge in [0.15, 0.2) is 11.8 Å². The Kier molecular flexibility index (Phi) is 6.12. The number of esters is 2. The summed E-state index contributed by atoms with van der Waals surface area (Å²) in [6.45, 7) is 0.206. The molecule has 34 heavy (non-hydrogen) atoms. The summed E-state index contributed by atoms with van der Waals surface area (Å²) in [6.07, 6.45) is 0.688. The van der Waals surface area contributed by atoms with E-state index in [9.17, 15) is 14.4 Å². The first-order chi connectivity index (χ1) is 16.5. The highest BCUT2D eigenvalue weighted by Gasteiger charge is 2.53. The highest BCUT2D eigenvalue weighted by molar-refractivity contribution is 8.00. The average molecular weight is 479 g/mol. The van der Waals surface area contributed by atoms with E-state index in [1.54, 1.807) is 0 Å². The van der Waals surface area contributed by atoms with E-state index in [0.29, 0.717) is 17.1 Å². The quantitative estimate of drug-likeness (QED) is 0.477. The van der Waals surface area contributed by atoms with Crippen molar-refractivity contribution in [3.63, 3.8) is 0 Å². The number of rotatable bonds is 7. The first kappa shape index (κ1) is 22.2. The van der Waals surface area contributed by atoms with E-state index in [1.807, 2.05) is 60.7 Å². The molecule has 2 N–H and O–H groups in total. The van der Waals surface area contributed by atoms with Crippen molar-refractivity contribution in [1.82, 2.24) is 4.90 Å². The molecule has 0 unspecified atom stereocenters. The normalized spacial score (nSPS) is 21.6. The second-order valence-electron chi connectivity index (χ2n) is 8.01. The summed E-state index contributed by atoms with van der Waals surface area (Å²) in [5, 5.41) is -0.357. The Morgan fingerprint density at radius 3 is 2.32 bits per heavy atom. The van der Waals surface area contributed by atoms with Crippen LogP contribution in [0.1, 0.15) is 17.2 Å². The number of carbonyl (C=O) groups excluding carboxylic acids is 3. The molecule has 5 rings (SSSR count). The molecular weight excluding hydrogens is 456 g/mol. The summed E-state index contributed by atoms with van der Waals surface area (Å²) < 4.78 is 16.8. The zero-order valence-electron chi connectivity index (χ0n) is 18.1. The Hall–Kier alpha value is -3.56. The van der Waals surface area contributed by atoms with Crippen molar-refractivity contribution in [1.29, 1.82) is 0 Å². The molecular formula is C25H22N2O6S. The minimum Gasteiger partial charge on any atom is -0.490 e. The Labute approximate surface area is 200 Å². The van der Waals surface area contributed by atoms with Crippen molar-refractivity contribution in [2.75, 3.05) is 19.0 Å². The van der Waals surface area contributed by atoms with Crippen LogP contribution in [0.15, 0.2) is 83.8 Å². The van der Waals surface area contributed by atoms with Gasteiger partial charge in [-0.1, -0.05) is 60.7 Å². The number of hydrogen-bond acceptors (Lipinski definition) is 8. The molecule has 174 valence electrons. The molecule has 0 radical (unpaired) electrons. The third-order valence-electron chi connectivity index (χ3n) is 5.75. The number of β-lactam (4-membered cyclic amide) rings is 1. The highest BCUT2D eigenvalue weighted by atomic mass is 32.2. The number of benzene rings is 2. The first-order valence-electron chi connectivity index (χ1n) is 10.8. The molecule has 0 spiro atoms. The van der Waals surface area contributed by atoms with Gasteiger partial charge >= 0.3 is 11.9 Å². The first-order valence-corrected chi connectivity index (χ1v) is 11.8. The third kappa shape index (κ3) is 4.20. The van der Waals surface area contributed by atoms with Gasteiger partial charge in [-0.15, -0.1) is 11.8 Å². The van der Waals surface area contributed by atoms with Gasteiger partial charge in [0.1, 0.15) is 30.4 Å². The maximum Gasteiger partial charge on any atom is 0.359 e. The van der Waals surface area contributed by atoms with E-state index in [0.717, 1.165) is 11.1 Å². The zero-order chi connectivity index (χ0) is 23.7. The fourth-order valence-electron chi connectivity index (χ4n) is 4.01. The number of amides is 1. The van der Waals surface area contributed by atoms with Crippen LogP contribution >= 0.6 is 11.8 Å². The van der Waals surface area contributed by atoms with Gasteiger partial charge in [0.25, 0.3) is 0 Å². The fraction of sp³-hybridized carbons (Fsp3) is 0.240. The minimum atomic E-state index is -0.683. The van der Waals surface area contributed by atoms with E-state index in [-0.39, 0.29) is 30.2 Å². The summed E-state index contributed by atoms with van der Waals surface area (Å²) in [5.41, 5.74) is 8.26. The molecule has 3 heterocycles. The lowest BCUT2D eigenvalue weighted by atomic mass is 10.0. The zero-order valence-corrected chi connectivity index (χ0v) is 18.9. The van der Waals surface area contributed by atoms with Crippen LogP contribution in [0.3, 0.4) is 0 Å². The van der Waals surface area contributed by atoms with Gasteiger partial charge < -0.3 is 19.9 Å². The predicted octanol–water partition coefficient (Wildman–Crippen LogP) is 2.27. The summed E-state index contributed by atoms with van der Waals surface area (Å²) in [5.74, 6) is -0.809. The van der Waals surface area contributed by atoms with Crippen LogP contribution in [-0.4, -0.2) is 53.1 Å². The molecule has 3 aliphatic rings. The number of fused-ring (bicyclic) bond motifs is 1. The number of cyclic esters (lactones) is 1. The number of nitrogens with two attached hydrogens (primary N) is 1. The van der Waals surface area contributed by atoms with Crippen molar-refractivity contribution >= 4 is 29.6 Å². The Morgan fingerprint density at radius 1 is 1.09 bits per heavy atom. The van der Waals surface area contributed by atoms with Crippen molar-refractivity contribution in [2.24, 2.45) is 5.73 Å². The predicted molar refractivity (Wildman–Crippen MR) is 124 cm³/mol.